The average Bonchev–Trinajstić information content (AvgIpc) is 2.17. The summed E-state index contributed by atoms with van der Waals surface area (Å²) < 4.78 is 0. The minimum Gasteiger partial charge on any atom is -0.481 e. The standard InChI is InChI=1S/C5H7O2/c6-5(7)3-4-1-2-4/h3-4H,1-2H2,(H,6,7). The van der Waals surface area contributed by atoms with Crippen molar-refractivity contribution in [1.82, 2.24) is 0 Å². The Morgan fingerprint density at radius 1 is 1.71 bits per heavy atom. The number of hydrogen-bond donors (Lipinski definition) is 1. The molecule has 1 rings (SSSR count). The summed E-state index contributed by atoms with van der Waals surface area (Å²) in [6.07, 6.45) is 3.51. The summed E-state index contributed by atoms with van der Waals surface area (Å²) in [4.78, 5) is 9.79. The van der Waals surface area contributed by atoms with Crippen molar-refractivity contribution in [3.63, 3.8) is 0 Å². The van der Waals surface area contributed by atoms with Crippen LogP contribution in [0.2, 0.25) is 0 Å². The fraction of sp³-hybridized carbons (Fsp3) is 0.600. The second-order valence-corrected chi connectivity index (χ2v) is 1.84. The van der Waals surface area contributed by atoms with E-state index in [0.717, 1.165) is 12.8 Å². The van der Waals surface area contributed by atoms with Gasteiger partial charge in [-0.15, -0.1) is 0 Å². The van der Waals surface area contributed by atoms with Gasteiger partial charge >= 0.3 is 5.97 Å². The molecule has 0 aromatic carbocycles. The van der Waals surface area contributed by atoms with Crippen LogP contribution in [0.1, 0.15) is 12.8 Å². The van der Waals surface area contributed by atoms with E-state index in [0.29, 0.717) is 5.92 Å². The fourth-order valence-corrected chi connectivity index (χ4v) is 0.465. The zero-order chi connectivity index (χ0) is 5.28. The average molecular weight is 99.1 g/mol. The Labute approximate surface area is 42.1 Å². The van der Waals surface area contributed by atoms with Crippen molar-refractivity contribution < 1.29 is 9.90 Å². The van der Waals surface area contributed by atoms with Gasteiger partial charge in [-0.05, 0) is 18.8 Å². The highest BCUT2D eigenvalue weighted by atomic mass is 16.4. The SMILES string of the molecule is O=C(O)[CH]C1CC1. The van der Waals surface area contributed by atoms with E-state index in [1.165, 1.54) is 6.42 Å². The Morgan fingerprint density at radius 2 is 2.29 bits per heavy atom. The molecule has 1 aliphatic carbocycles. The largest absolute Gasteiger partial charge is 0.481 e. The Bertz CT molecular complexity index is 84.1. The van der Waals surface area contributed by atoms with E-state index in [9.17, 15) is 4.79 Å². The van der Waals surface area contributed by atoms with E-state index in [4.69, 9.17) is 5.11 Å². The maximum absolute atomic E-state index is 9.79. The van der Waals surface area contributed by atoms with Crippen molar-refractivity contribution in [3.05, 3.63) is 6.42 Å². The number of carboxylic acid groups (broad SMARTS) is 1. The predicted molar refractivity (Wildman–Crippen MR) is 24.7 cm³/mol. The predicted octanol–water partition coefficient (Wildman–Crippen LogP) is 0.685. The normalized spacial score (nSPS) is 19.4. The maximum atomic E-state index is 9.79. The molecule has 0 aliphatic heterocycles. The van der Waals surface area contributed by atoms with Crippen molar-refractivity contribution in [1.29, 1.82) is 0 Å². The van der Waals surface area contributed by atoms with Crippen molar-refractivity contribution in [2.45, 2.75) is 12.8 Å². The van der Waals surface area contributed by atoms with Crippen LogP contribution in [-0.4, -0.2) is 11.1 Å². The molecule has 1 aliphatic rings. The van der Waals surface area contributed by atoms with Gasteiger partial charge in [-0.1, -0.05) is 0 Å². The molecule has 0 spiro atoms. The summed E-state index contributed by atoms with van der Waals surface area (Å²) in [7, 11) is 0. The van der Waals surface area contributed by atoms with E-state index >= 15 is 0 Å². The van der Waals surface area contributed by atoms with Gasteiger partial charge in [0, 0.05) is 0 Å². The first kappa shape index (κ1) is 4.62. The van der Waals surface area contributed by atoms with Crippen LogP contribution in [0.4, 0.5) is 0 Å². The number of hydrogen-bond acceptors (Lipinski definition) is 1. The molecule has 0 aromatic heterocycles. The maximum Gasteiger partial charge on any atom is 0.307 e. The van der Waals surface area contributed by atoms with E-state index in [1.54, 1.807) is 0 Å². The minimum absolute atomic E-state index is 0.400. The lowest BCUT2D eigenvalue weighted by Crippen LogP contribution is -1.95. The van der Waals surface area contributed by atoms with Gasteiger partial charge < -0.3 is 5.11 Å². The van der Waals surface area contributed by atoms with Crippen molar-refractivity contribution in [2.75, 3.05) is 0 Å². The molecule has 39 valence electrons. The topological polar surface area (TPSA) is 37.3 Å². The van der Waals surface area contributed by atoms with E-state index in [1.807, 2.05) is 0 Å². The highest BCUT2D eigenvalue weighted by Crippen LogP contribution is 2.31. The van der Waals surface area contributed by atoms with Gasteiger partial charge in [-0.25, -0.2) is 0 Å². The molecular formula is C5H7O2. The second kappa shape index (κ2) is 1.52. The zero-order valence-corrected chi connectivity index (χ0v) is 3.92. The van der Waals surface area contributed by atoms with Crippen LogP contribution in [-0.2, 0) is 4.79 Å². The van der Waals surface area contributed by atoms with Crippen LogP contribution in [0, 0.1) is 12.3 Å². The monoisotopic (exact) mass is 99.0 g/mol. The Hall–Kier alpha value is -0.530. The zero-order valence-electron chi connectivity index (χ0n) is 3.92. The molecule has 2 nitrogen and oxygen atoms in total. The van der Waals surface area contributed by atoms with Crippen LogP contribution in [0.15, 0.2) is 0 Å². The van der Waals surface area contributed by atoms with Gasteiger partial charge in [-0.3, -0.25) is 4.79 Å². The molecule has 0 atom stereocenters. The molecule has 0 heterocycles. The summed E-state index contributed by atoms with van der Waals surface area (Å²) in [6.45, 7) is 0. The first-order chi connectivity index (χ1) is 3.29. The van der Waals surface area contributed by atoms with Gasteiger partial charge in [0.15, 0.2) is 0 Å². The van der Waals surface area contributed by atoms with Gasteiger partial charge in [0.1, 0.15) is 0 Å². The molecular weight excluding hydrogens is 92.1 g/mol. The van der Waals surface area contributed by atoms with E-state index in [-0.39, 0.29) is 0 Å². The molecule has 2 heteroatoms. The Morgan fingerprint density at radius 3 is 2.43 bits per heavy atom. The summed E-state index contributed by atoms with van der Waals surface area (Å²) in [5.74, 6) is -0.375. The lowest BCUT2D eigenvalue weighted by molar-refractivity contribution is -0.133. The molecule has 0 aromatic rings. The summed E-state index contributed by atoms with van der Waals surface area (Å²) >= 11 is 0. The van der Waals surface area contributed by atoms with Crippen molar-refractivity contribution in [2.24, 2.45) is 5.92 Å². The molecule has 1 N–H and O–H groups in total. The summed E-state index contributed by atoms with van der Waals surface area (Å²) in [5, 5.41) is 8.07. The van der Waals surface area contributed by atoms with Crippen molar-refractivity contribution in [3.8, 4) is 0 Å². The summed E-state index contributed by atoms with van der Waals surface area (Å²) in [6, 6.07) is 0. The molecule has 0 saturated heterocycles. The first-order valence-corrected chi connectivity index (χ1v) is 2.37. The first-order valence-electron chi connectivity index (χ1n) is 2.37. The molecule has 1 fully saturated rings. The molecule has 1 saturated carbocycles. The van der Waals surface area contributed by atoms with Crippen LogP contribution in [0.25, 0.3) is 0 Å². The third-order valence-corrected chi connectivity index (χ3v) is 1.00. The number of carboxylic acids is 1. The van der Waals surface area contributed by atoms with E-state index < -0.39 is 5.97 Å². The fourth-order valence-electron chi connectivity index (χ4n) is 0.465. The van der Waals surface area contributed by atoms with E-state index in [2.05, 4.69) is 0 Å². The smallest absolute Gasteiger partial charge is 0.307 e. The second-order valence-electron chi connectivity index (χ2n) is 1.84. The van der Waals surface area contributed by atoms with Crippen LogP contribution < -0.4 is 0 Å². The van der Waals surface area contributed by atoms with Crippen molar-refractivity contribution >= 4 is 5.97 Å². The lowest BCUT2D eigenvalue weighted by atomic mass is 10.3. The van der Waals surface area contributed by atoms with Gasteiger partial charge in [0.25, 0.3) is 0 Å². The minimum atomic E-state index is -0.775. The highest BCUT2D eigenvalue weighted by Gasteiger charge is 2.24. The Balaban J connectivity index is 2.08. The molecule has 0 unspecified atom stereocenters. The van der Waals surface area contributed by atoms with Gasteiger partial charge in [0.05, 0.1) is 6.42 Å². The molecule has 7 heavy (non-hydrogen) atoms. The molecule has 0 bridgehead atoms. The van der Waals surface area contributed by atoms with Crippen LogP contribution in [0.5, 0.6) is 0 Å². The van der Waals surface area contributed by atoms with Crippen LogP contribution in [0.3, 0.4) is 0 Å². The van der Waals surface area contributed by atoms with Gasteiger partial charge in [0.2, 0.25) is 0 Å². The van der Waals surface area contributed by atoms with Crippen LogP contribution >= 0.6 is 0 Å². The van der Waals surface area contributed by atoms with Gasteiger partial charge in [-0.2, -0.15) is 0 Å². The number of aliphatic carboxylic acids is 1. The quantitative estimate of drug-likeness (QED) is 0.552. The number of carbonyl (C=O) groups is 1. The highest BCUT2D eigenvalue weighted by molar-refractivity contribution is 5.77. The lowest BCUT2D eigenvalue weighted by Gasteiger charge is -1.81. The Kier molecular flexibility index (Phi) is 1.01. The number of rotatable bonds is 2. The third kappa shape index (κ3) is 1.57. The third-order valence-electron chi connectivity index (χ3n) is 1.00. The summed E-state index contributed by atoms with van der Waals surface area (Å²) in [5.41, 5.74) is 0. The molecule has 0 amide bonds. The molecule has 1 radical (unpaired) electrons.